The Bertz CT molecular complexity index is 586. The van der Waals surface area contributed by atoms with Crippen LogP contribution in [-0.2, 0) is 23.8 Å². The number of ether oxygens (including phenoxy) is 1. The zero-order valence-corrected chi connectivity index (χ0v) is 13.1. The monoisotopic (exact) mass is 363 g/mol. The molecule has 0 aliphatic carbocycles. The first kappa shape index (κ1) is 15.4. The quantitative estimate of drug-likeness (QED) is 0.636. The van der Waals surface area contributed by atoms with E-state index in [4.69, 9.17) is 4.18 Å². The maximum absolute atomic E-state index is 12.1. The zero-order valence-electron chi connectivity index (χ0n) is 10.7. The summed E-state index contributed by atoms with van der Waals surface area (Å²) in [5.41, 5.74) is 0. The molecule has 1 aliphatic rings. The number of methoxy groups -OCH3 is 1. The molecule has 0 bridgehead atoms. The molecule has 2 rings (SSSR count). The molecule has 110 valence electrons. The van der Waals surface area contributed by atoms with Crippen LogP contribution in [0.3, 0.4) is 0 Å². The highest BCUT2D eigenvalue weighted by molar-refractivity contribution is 9.10. The van der Waals surface area contributed by atoms with E-state index < -0.39 is 28.2 Å². The van der Waals surface area contributed by atoms with Crippen molar-refractivity contribution in [3.63, 3.8) is 0 Å². The van der Waals surface area contributed by atoms with Crippen LogP contribution in [0.15, 0.2) is 33.6 Å². The minimum atomic E-state index is -3.83. The molecule has 1 unspecified atom stereocenters. The molecule has 1 aromatic rings. The number of halogens is 1. The Labute approximate surface area is 125 Å². The summed E-state index contributed by atoms with van der Waals surface area (Å²) in [5.74, 6) is -0.419. The lowest BCUT2D eigenvalue weighted by molar-refractivity contribution is -0.142. The number of esters is 1. The normalized spacial score (nSPS) is 22.7. The summed E-state index contributed by atoms with van der Waals surface area (Å²) in [5, 5.41) is 2.87. The fourth-order valence-corrected chi connectivity index (χ4v) is 3.28. The molecule has 1 aromatic carbocycles. The van der Waals surface area contributed by atoms with E-state index in [-0.39, 0.29) is 17.9 Å². The summed E-state index contributed by atoms with van der Waals surface area (Å²) in [7, 11) is -2.54. The molecule has 0 amide bonds. The summed E-state index contributed by atoms with van der Waals surface area (Å²) in [6.07, 6.45) is -0.310. The Balaban J connectivity index is 2.03. The van der Waals surface area contributed by atoms with Crippen LogP contribution in [0.1, 0.15) is 6.42 Å². The van der Waals surface area contributed by atoms with Gasteiger partial charge in [0.1, 0.15) is 6.04 Å². The Hall–Kier alpha value is -0.960. The van der Waals surface area contributed by atoms with Crippen molar-refractivity contribution in [2.45, 2.75) is 23.5 Å². The summed E-state index contributed by atoms with van der Waals surface area (Å²) >= 11 is 3.24. The topological polar surface area (TPSA) is 81.7 Å². The molecule has 1 aliphatic heterocycles. The van der Waals surface area contributed by atoms with E-state index in [0.717, 1.165) is 4.47 Å². The van der Waals surface area contributed by atoms with Crippen molar-refractivity contribution in [3.05, 3.63) is 28.7 Å². The van der Waals surface area contributed by atoms with Gasteiger partial charge in [-0.2, -0.15) is 8.42 Å². The molecule has 0 aromatic heterocycles. The Morgan fingerprint density at radius 2 is 2.00 bits per heavy atom. The predicted molar refractivity (Wildman–Crippen MR) is 74.6 cm³/mol. The van der Waals surface area contributed by atoms with Crippen molar-refractivity contribution in [1.29, 1.82) is 0 Å². The van der Waals surface area contributed by atoms with E-state index in [9.17, 15) is 13.2 Å². The van der Waals surface area contributed by atoms with Gasteiger partial charge in [-0.15, -0.1) is 0 Å². The molecular weight excluding hydrogens is 350 g/mol. The average Bonchev–Trinajstić information content (AvgIpc) is 2.86. The van der Waals surface area contributed by atoms with Gasteiger partial charge in [-0.25, -0.2) is 0 Å². The zero-order chi connectivity index (χ0) is 14.8. The van der Waals surface area contributed by atoms with Crippen LogP contribution in [0.5, 0.6) is 0 Å². The van der Waals surface area contributed by atoms with Crippen molar-refractivity contribution in [3.8, 4) is 0 Å². The van der Waals surface area contributed by atoms with Crippen LogP contribution >= 0.6 is 15.9 Å². The number of carbonyl (C=O) groups excluding carboxylic acids is 1. The van der Waals surface area contributed by atoms with Gasteiger partial charge in [-0.1, -0.05) is 15.9 Å². The molecule has 20 heavy (non-hydrogen) atoms. The van der Waals surface area contributed by atoms with Crippen molar-refractivity contribution in [2.75, 3.05) is 13.7 Å². The van der Waals surface area contributed by atoms with Gasteiger partial charge in [0.2, 0.25) is 0 Å². The second-order valence-electron chi connectivity index (χ2n) is 4.35. The van der Waals surface area contributed by atoms with E-state index in [1.165, 1.54) is 19.2 Å². The van der Waals surface area contributed by atoms with Gasteiger partial charge in [-0.3, -0.25) is 8.98 Å². The lowest BCUT2D eigenvalue weighted by atomic mass is 10.2. The highest BCUT2D eigenvalue weighted by Crippen LogP contribution is 2.21. The minimum absolute atomic E-state index is 0.0854. The lowest BCUT2D eigenvalue weighted by Gasteiger charge is -2.11. The largest absolute Gasteiger partial charge is 0.468 e. The molecule has 1 heterocycles. The van der Waals surface area contributed by atoms with Gasteiger partial charge in [0.25, 0.3) is 10.1 Å². The predicted octanol–water partition coefficient (Wildman–Crippen LogP) is 1.06. The molecule has 0 radical (unpaired) electrons. The van der Waals surface area contributed by atoms with Crippen LogP contribution in [0.2, 0.25) is 0 Å². The second kappa shape index (κ2) is 6.21. The molecule has 1 N–H and O–H groups in total. The molecule has 1 fully saturated rings. The summed E-state index contributed by atoms with van der Waals surface area (Å²) < 4.78 is 34.6. The highest BCUT2D eigenvalue weighted by Gasteiger charge is 2.34. The molecule has 1 saturated heterocycles. The molecule has 0 saturated carbocycles. The van der Waals surface area contributed by atoms with E-state index in [0.29, 0.717) is 0 Å². The highest BCUT2D eigenvalue weighted by atomic mass is 79.9. The Kier molecular flexibility index (Phi) is 4.79. The third-order valence-corrected chi connectivity index (χ3v) is 4.85. The van der Waals surface area contributed by atoms with Gasteiger partial charge in [0, 0.05) is 17.4 Å². The third kappa shape index (κ3) is 3.57. The first-order valence-corrected chi connectivity index (χ1v) is 8.12. The second-order valence-corrected chi connectivity index (χ2v) is 6.83. The smallest absolute Gasteiger partial charge is 0.322 e. The number of benzene rings is 1. The average molecular weight is 364 g/mol. The number of hydrogen-bond donors (Lipinski definition) is 1. The van der Waals surface area contributed by atoms with E-state index >= 15 is 0 Å². The standard InChI is InChI=1S/C12H14BrNO5S/c1-18-12(15)11-6-9(7-14-11)19-20(16,17)10-4-2-8(13)3-5-10/h2-5,9,11,14H,6-7H2,1H3/t9?,11-/m0/s1. The maximum Gasteiger partial charge on any atom is 0.322 e. The molecule has 6 nitrogen and oxygen atoms in total. The van der Waals surface area contributed by atoms with E-state index in [1.54, 1.807) is 12.1 Å². The van der Waals surface area contributed by atoms with Gasteiger partial charge >= 0.3 is 5.97 Å². The number of rotatable bonds is 4. The maximum atomic E-state index is 12.1. The van der Waals surface area contributed by atoms with E-state index in [1.807, 2.05) is 0 Å². The lowest BCUT2D eigenvalue weighted by Crippen LogP contribution is -2.31. The first-order chi connectivity index (χ1) is 9.42. The van der Waals surface area contributed by atoms with Gasteiger partial charge < -0.3 is 10.1 Å². The summed E-state index contributed by atoms with van der Waals surface area (Å²) in [4.78, 5) is 11.4. The SMILES string of the molecule is COC(=O)[C@@H]1CC(OS(=O)(=O)c2ccc(Br)cc2)CN1. The Morgan fingerprint density at radius 3 is 2.60 bits per heavy atom. The molecule has 2 atom stereocenters. The fourth-order valence-electron chi connectivity index (χ4n) is 1.93. The van der Waals surface area contributed by atoms with Crippen LogP contribution < -0.4 is 5.32 Å². The van der Waals surface area contributed by atoms with E-state index in [2.05, 4.69) is 26.0 Å². The van der Waals surface area contributed by atoms with Crippen molar-refractivity contribution in [2.24, 2.45) is 0 Å². The summed E-state index contributed by atoms with van der Waals surface area (Å²) in [6, 6.07) is 5.64. The minimum Gasteiger partial charge on any atom is -0.468 e. The van der Waals surface area contributed by atoms with Crippen molar-refractivity contribution in [1.82, 2.24) is 5.32 Å². The van der Waals surface area contributed by atoms with Gasteiger partial charge in [0.15, 0.2) is 0 Å². The van der Waals surface area contributed by atoms with Gasteiger partial charge in [-0.05, 0) is 24.3 Å². The van der Waals surface area contributed by atoms with Crippen molar-refractivity contribution < 1.29 is 22.1 Å². The summed E-state index contributed by atoms with van der Waals surface area (Å²) in [6.45, 7) is 0.287. The van der Waals surface area contributed by atoms with Gasteiger partial charge in [0.05, 0.1) is 18.1 Å². The molecular formula is C12H14BrNO5S. The van der Waals surface area contributed by atoms with Crippen LogP contribution in [0.25, 0.3) is 0 Å². The number of nitrogens with one attached hydrogen (secondary N) is 1. The first-order valence-electron chi connectivity index (χ1n) is 5.92. The molecule has 0 spiro atoms. The van der Waals surface area contributed by atoms with Crippen LogP contribution in [0.4, 0.5) is 0 Å². The Morgan fingerprint density at radius 1 is 1.35 bits per heavy atom. The van der Waals surface area contributed by atoms with Crippen molar-refractivity contribution >= 4 is 32.0 Å². The molecule has 8 heteroatoms. The van der Waals surface area contributed by atoms with Crippen LogP contribution in [-0.4, -0.2) is 40.2 Å². The third-order valence-electron chi connectivity index (χ3n) is 2.94. The number of hydrogen-bond acceptors (Lipinski definition) is 6. The van der Waals surface area contributed by atoms with Crippen LogP contribution in [0, 0.1) is 0 Å². The fraction of sp³-hybridized carbons (Fsp3) is 0.417. The number of carbonyl (C=O) groups is 1.